The van der Waals surface area contributed by atoms with Crippen LogP contribution >= 0.6 is 12.2 Å². The number of nitrogens with zero attached hydrogens (tertiary/aromatic N) is 1. The van der Waals surface area contributed by atoms with Gasteiger partial charge in [-0.15, -0.1) is 0 Å². The highest BCUT2D eigenvalue weighted by Crippen LogP contribution is 2.32. The van der Waals surface area contributed by atoms with Gasteiger partial charge in [0.05, 0.1) is 6.61 Å². The van der Waals surface area contributed by atoms with E-state index in [4.69, 9.17) is 17.0 Å². The first-order chi connectivity index (χ1) is 14.7. The number of rotatable bonds is 6. The zero-order valence-electron chi connectivity index (χ0n) is 18.7. The fourth-order valence-corrected chi connectivity index (χ4v) is 3.26. The summed E-state index contributed by atoms with van der Waals surface area (Å²) in [6, 6.07) is 14.9. The zero-order chi connectivity index (χ0) is 23.0. The topological polar surface area (TPSA) is 70.9 Å². The summed E-state index contributed by atoms with van der Waals surface area (Å²) in [7, 11) is 0. The number of benzene rings is 2. The SMILES string of the molecule is CCOC(=O)C(/C=N\C(=S)Nc1c(CC)cccc1C(C)(C)C)=C(/O)c1ccccc1. The average molecular weight is 439 g/mol. The van der Waals surface area contributed by atoms with Gasteiger partial charge in [0.2, 0.25) is 0 Å². The van der Waals surface area contributed by atoms with E-state index in [0.29, 0.717) is 5.56 Å². The number of hydrogen-bond donors (Lipinski definition) is 2. The van der Waals surface area contributed by atoms with Crippen molar-refractivity contribution in [2.75, 3.05) is 11.9 Å². The van der Waals surface area contributed by atoms with Gasteiger partial charge in [-0.2, -0.15) is 0 Å². The Labute approximate surface area is 189 Å². The van der Waals surface area contributed by atoms with Crippen LogP contribution < -0.4 is 5.32 Å². The maximum Gasteiger partial charge on any atom is 0.343 e. The molecule has 2 rings (SSSR count). The van der Waals surface area contributed by atoms with Gasteiger partial charge in [0, 0.05) is 17.5 Å². The molecule has 2 N–H and O–H groups in total. The molecule has 0 aliphatic heterocycles. The van der Waals surface area contributed by atoms with Gasteiger partial charge >= 0.3 is 5.97 Å². The molecular formula is C25H30N2O3S. The number of aliphatic hydroxyl groups is 1. The molecular weight excluding hydrogens is 408 g/mol. The largest absolute Gasteiger partial charge is 0.506 e. The molecule has 0 bridgehead atoms. The van der Waals surface area contributed by atoms with Gasteiger partial charge < -0.3 is 15.2 Å². The molecule has 0 aliphatic rings. The fourth-order valence-electron chi connectivity index (χ4n) is 3.10. The average Bonchev–Trinajstić information content (AvgIpc) is 2.74. The number of ether oxygens (including phenoxy) is 1. The Kier molecular flexibility index (Phi) is 8.51. The molecule has 0 radical (unpaired) electrons. The van der Waals surface area contributed by atoms with Crippen molar-refractivity contribution in [3.05, 3.63) is 70.8 Å². The van der Waals surface area contributed by atoms with Gasteiger partial charge in [-0.1, -0.05) is 76.2 Å². The highest BCUT2D eigenvalue weighted by atomic mass is 32.1. The summed E-state index contributed by atoms with van der Waals surface area (Å²) < 4.78 is 5.09. The number of carbonyl (C=O) groups excluding carboxylic acids is 1. The Morgan fingerprint density at radius 3 is 2.39 bits per heavy atom. The number of hydrogen-bond acceptors (Lipinski definition) is 4. The van der Waals surface area contributed by atoms with Crippen molar-refractivity contribution in [2.45, 2.75) is 46.5 Å². The number of para-hydroxylation sites is 1. The Balaban J connectivity index is 2.39. The van der Waals surface area contributed by atoms with Crippen molar-refractivity contribution in [1.29, 1.82) is 0 Å². The second-order valence-electron chi connectivity index (χ2n) is 7.98. The van der Waals surface area contributed by atoms with E-state index in [0.717, 1.165) is 23.2 Å². The Morgan fingerprint density at radius 2 is 1.81 bits per heavy atom. The summed E-state index contributed by atoms with van der Waals surface area (Å²) in [6.45, 7) is 10.4. The summed E-state index contributed by atoms with van der Waals surface area (Å²) in [6.07, 6.45) is 2.09. The van der Waals surface area contributed by atoms with E-state index in [-0.39, 0.29) is 28.5 Å². The van der Waals surface area contributed by atoms with Gasteiger partial charge in [-0.3, -0.25) is 0 Å². The van der Waals surface area contributed by atoms with Crippen molar-refractivity contribution < 1.29 is 14.6 Å². The standard InChI is InChI=1S/C25H30N2O3S/c1-6-17-14-11-15-20(25(3,4)5)21(17)27-24(31)26-16-19(23(29)30-7-2)22(28)18-12-9-8-10-13-18/h8-16,28H,6-7H2,1-5H3,(H,27,31)/b22-19+,26-16-. The van der Waals surface area contributed by atoms with Crippen LogP contribution in [0.15, 0.2) is 59.1 Å². The lowest BCUT2D eigenvalue weighted by Gasteiger charge is -2.25. The van der Waals surface area contributed by atoms with Crippen LogP contribution in [0.5, 0.6) is 0 Å². The third-order valence-corrected chi connectivity index (χ3v) is 4.89. The summed E-state index contributed by atoms with van der Waals surface area (Å²) in [5, 5.41) is 14.0. The smallest absolute Gasteiger partial charge is 0.343 e. The Morgan fingerprint density at radius 1 is 1.13 bits per heavy atom. The molecule has 2 aromatic carbocycles. The predicted octanol–water partition coefficient (Wildman–Crippen LogP) is 5.85. The van der Waals surface area contributed by atoms with Gasteiger partial charge in [0.15, 0.2) is 5.11 Å². The molecule has 0 amide bonds. The third kappa shape index (κ3) is 6.49. The second-order valence-corrected chi connectivity index (χ2v) is 8.37. The first kappa shape index (κ1) is 24.3. The van der Waals surface area contributed by atoms with Crippen molar-refractivity contribution in [1.82, 2.24) is 0 Å². The molecule has 0 saturated heterocycles. The van der Waals surface area contributed by atoms with Crippen LogP contribution in [0.25, 0.3) is 5.76 Å². The first-order valence-electron chi connectivity index (χ1n) is 10.3. The Bertz CT molecular complexity index is 990. The van der Waals surface area contributed by atoms with Crippen molar-refractivity contribution in [3.63, 3.8) is 0 Å². The predicted molar refractivity (Wildman–Crippen MR) is 132 cm³/mol. The van der Waals surface area contributed by atoms with Gasteiger partial charge in [0.1, 0.15) is 11.3 Å². The van der Waals surface area contributed by atoms with E-state index in [1.165, 1.54) is 6.21 Å². The van der Waals surface area contributed by atoms with Gasteiger partial charge in [-0.05, 0) is 42.1 Å². The molecule has 31 heavy (non-hydrogen) atoms. The van der Waals surface area contributed by atoms with E-state index in [1.54, 1.807) is 31.2 Å². The molecule has 5 nitrogen and oxygen atoms in total. The van der Waals surface area contributed by atoms with Crippen molar-refractivity contribution in [2.24, 2.45) is 4.99 Å². The van der Waals surface area contributed by atoms with Gasteiger partial charge in [-0.25, -0.2) is 9.79 Å². The molecule has 164 valence electrons. The number of carbonyl (C=O) groups is 1. The number of anilines is 1. The van der Waals surface area contributed by atoms with E-state index >= 15 is 0 Å². The molecule has 2 aromatic rings. The van der Waals surface area contributed by atoms with Crippen LogP contribution in [0.1, 0.15) is 51.3 Å². The minimum absolute atomic E-state index is 0.0583. The molecule has 0 heterocycles. The quantitative estimate of drug-likeness (QED) is 0.195. The summed E-state index contributed by atoms with van der Waals surface area (Å²) in [5.74, 6) is -0.880. The number of nitrogens with one attached hydrogen (secondary N) is 1. The van der Waals surface area contributed by atoms with Crippen LogP contribution in [-0.4, -0.2) is 29.0 Å². The molecule has 0 aliphatic carbocycles. The summed E-state index contributed by atoms with van der Waals surface area (Å²) >= 11 is 5.43. The van der Waals surface area contributed by atoms with Crippen LogP contribution in [-0.2, 0) is 21.4 Å². The zero-order valence-corrected chi connectivity index (χ0v) is 19.5. The molecule has 0 aromatic heterocycles. The molecule has 0 atom stereocenters. The summed E-state index contributed by atoms with van der Waals surface area (Å²) in [5.41, 5.74) is 3.51. The highest BCUT2D eigenvalue weighted by molar-refractivity contribution is 7.80. The maximum atomic E-state index is 12.4. The van der Waals surface area contributed by atoms with E-state index in [1.807, 2.05) is 12.1 Å². The first-order valence-corrected chi connectivity index (χ1v) is 10.7. The summed E-state index contributed by atoms with van der Waals surface area (Å²) in [4.78, 5) is 16.7. The molecule has 0 unspecified atom stereocenters. The number of aryl methyl sites for hydroxylation is 1. The molecule has 6 heteroatoms. The minimum atomic E-state index is -0.667. The maximum absolute atomic E-state index is 12.4. The number of esters is 1. The van der Waals surface area contributed by atoms with Crippen LogP contribution in [0.4, 0.5) is 5.69 Å². The Hall–Kier alpha value is -2.99. The normalized spacial score (nSPS) is 12.4. The van der Waals surface area contributed by atoms with Crippen LogP contribution in [0.2, 0.25) is 0 Å². The van der Waals surface area contributed by atoms with Crippen molar-refractivity contribution >= 4 is 41.0 Å². The van der Waals surface area contributed by atoms with Crippen molar-refractivity contribution in [3.8, 4) is 0 Å². The number of thiocarbonyl (C=S) groups is 1. The molecule has 0 saturated carbocycles. The minimum Gasteiger partial charge on any atom is -0.506 e. The van der Waals surface area contributed by atoms with Crippen LogP contribution in [0.3, 0.4) is 0 Å². The highest BCUT2D eigenvalue weighted by Gasteiger charge is 2.21. The van der Waals surface area contributed by atoms with E-state index in [9.17, 15) is 9.90 Å². The van der Waals surface area contributed by atoms with Crippen LogP contribution in [0, 0.1) is 0 Å². The molecule has 0 spiro atoms. The van der Waals surface area contributed by atoms with E-state index < -0.39 is 5.97 Å². The monoisotopic (exact) mass is 438 g/mol. The fraction of sp³-hybridized carbons (Fsp3) is 0.320. The van der Waals surface area contributed by atoms with Gasteiger partial charge in [0.25, 0.3) is 0 Å². The lowest BCUT2D eigenvalue weighted by Crippen LogP contribution is -2.19. The molecule has 0 fully saturated rings. The number of aliphatic imine (C=N–C) groups is 1. The lowest BCUT2D eigenvalue weighted by atomic mass is 9.84. The lowest BCUT2D eigenvalue weighted by molar-refractivity contribution is -0.137. The van der Waals surface area contributed by atoms with E-state index in [2.05, 4.69) is 50.1 Å². The third-order valence-electron chi connectivity index (χ3n) is 4.68. The second kappa shape index (κ2) is 10.9. The number of aliphatic hydroxyl groups excluding tert-OH is 1.